The summed E-state index contributed by atoms with van der Waals surface area (Å²) < 4.78 is 1.88. The lowest BCUT2D eigenvalue weighted by atomic mass is 9.91. The third kappa shape index (κ3) is 5.78. The number of carbonyl (C=O) groups excluding carboxylic acids is 1. The van der Waals surface area contributed by atoms with Gasteiger partial charge in [-0.2, -0.15) is 5.10 Å². The fourth-order valence-corrected chi connectivity index (χ4v) is 5.81. The van der Waals surface area contributed by atoms with Crippen molar-refractivity contribution in [2.75, 3.05) is 19.6 Å². The molecule has 0 spiro atoms. The Morgan fingerprint density at radius 1 is 0.974 bits per heavy atom. The molecule has 5 rings (SSSR count). The molecule has 4 aromatic rings. The molecular formula is C31H30Br2N4O2. The zero-order valence-electron chi connectivity index (χ0n) is 22.0. The van der Waals surface area contributed by atoms with Gasteiger partial charge in [-0.25, -0.2) is 5.01 Å². The lowest BCUT2D eigenvalue weighted by molar-refractivity contribution is -0.133. The molecule has 8 heteroatoms. The van der Waals surface area contributed by atoms with E-state index in [1.165, 1.54) is 0 Å². The average Bonchev–Trinajstić information content (AvgIpc) is 3.39. The quantitative estimate of drug-likeness (QED) is 0.221. The maximum absolute atomic E-state index is 13.7. The van der Waals surface area contributed by atoms with E-state index in [9.17, 15) is 9.59 Å². The summed E-state index contributed by atoms with van der Waals surface area (Å²) in [6.45, 7) is 6.63. The summed E-state index contributed by atoms with van der Waals surface area (Å²) in [5, 5.41) is 7.40. The van der Waals surface area contributed by atoms with Crippen molar-refractivity contribution in [1.82, 2.24) is 14.9 Å². The monoisotopic (exact) mass is 648 g/mol. The Kier molecular flexibility index (Phi) is 8.45. The van der Waals surface area contributed by atoms with E-state index in [4.69, 9.17) is 5.10 Å². The number of fused-ring (bicyclic) bond motifs is 1. The first-order valence-corrected chi connectivity index (χ1v) is 14.8. The van der Waals surface area contributed by atoms with Crippen molar-refractivity contribution >= 4 is 54.4 Å². The maximum atomic E-state index is 13.7. The fraction of sp³-hybridized carbons (Fsp3) is 0.258. The summed E-state index contributed by atoms with van der Waals surface area (Å²) >= 11 is 7.11. The molecule has 1 atom stereocenters. The number of nitrogens with one attached hydrogen (secondary N) is 1. The van der Waals surface area contributed by atoms with Crippen molar-refractivity contribution in [3.63, 3.8) is 0 Å². The highest BCUT2D eigenvalue weighted by molar-refractivity contribution is 9.10. The van der Waals surface area contributed by atoms with Gasteiger partial charge in [0.05, 0.1) is 17.3 Å². The van der Waals surface area contributed by atoms with E-state index in [1.807, 2.05) is 72.8 Å². The number of amides is 1. The first-order chi connectivity index (χ1) is 18.9. The molecule has 6 nitrogen and oxygen atoms in total. The number of nitrogens with zero attached hydrogens (tertiary/aromatic N) is 3. The van der Waals surface area contributed by atoms with Gasteiger partial charge in [-0.15, -0.1) is 0 Å². The highest BCUT2D eigenvalue weighted by Gasteiger charge is 2.35. The van der Waals surface area contributed by atoms with Gasteiger partial charge in [0.15, 0.2) is 0 Å². The normalized spacial score (nSPS) is 15.3. The highest BCUT2D eigenvalue weighted by Crippen LogP contribution is 2.38. The fourth-order valence-electron chi connectivity index (χ4n) is 5.19. The molecule has 1 aromatic heterocycles. The van der Waals surface area contributed by atoms with Gasteiger partial charge < -0.3 is 9.88 Å². The summed E-state index contributed by atoms with van der Waals surface area (Å²) in [7, 11) is 0. The Labute approximate surface area is 245 Å². The van der Waals surface area contributed by atoms with Crippen LogP contribution in [0, 0.1) is 0 Å². The minimum Gasteiger partial charge on any atom is -0.321 e. The minimum atomic E-state index is -0.293. The summed E-state index contributed by atoms with van der Waals surface area (Å²) in [5.41, 5.74) is 4.39. The number of benzene rings is 3. The number of pyridine rings is 1. The van der Waals surface area contributed by atoms with Crippen LogP contribution in [-0.2, 0) is 4.79 Å². The van der Waals surface area contributed by atoms with E-state index in [0.29, 0.717) is 30.7 Å². The molecule has 1 aliphatic rings. The van der Waals surface area contributed by atoms with Crippen LogP contribution < -0.4 is 5.56 Å². The Bertz CT molecular complexity index is 1580. The molecule has 1 N–H and O–H groups in total. The van der Waals surface area contributed by atoms with Crippen LogP contribution in [0.1, 0.15) is 43.9 Å². The van der Waals surface area contributed by atoms with E-state index < -0.39 is 0 Å². The van der Waals surface area contributed by atoms with Crippen LogP contribution in [0.5, 0.6) is 0 Å². The SMILES string of the molecule is CCN(CC)CCC(=O)N1N=C(c2c(-c3ccccc3)c3cc(Br)ccc3[nH]c2=O)C[C@H]1c1ccc(Br)cc1. The Morgan fingerprint density at radius 3 is 2.36 bits per heavy atom. The molecule has 0 saturated carbocycles. The summed E-state index contributed by atoms with van der Waals surface area (Å²) in [6.07, 6.45) is 0.805. The highest BCUT2D eigenvalue weighted by atomic mass is 79.9. The van der Waals surface area contributed by atoms with Crippen LogP contribution in [0.2, 0.25) is 0 Å². The standard InChI is InChI=1S/C31H30Br2N4O2/c1-3-36(4-2)17-16-28(38)37-27(20-10-12-22(32)13-11-20)19-26(35-37)30-29(21-8-6-5-7-9-21)24-18-23(33)14-15-25(24)34-31(30)39/h5-15,18,27H,3-4,16-17,19H2,1-2H3,(H,34,39)/t27-/m0/s1. The second-order valence-corrected chi connectivity index (χ2v) is 11.4. The second kappa shape index (κ2) is 12.0. The zero-order valence-corrected chi connectivity index (χ0v) is 25.1. The average molecular weight is 650 g/mol. The molecule has 39 heavy (non-hydrogen) atoms. The predicted octanol–water partition coefficient (Wildman–Crippen LogP) is 7.13. The van der Waals surface area contributed by atoms with Gasteiger partial charge >= 0.3 is 0 Å². The number of hydrogen-bond donors (Lipinski definition) is 1. The third-order valence-electron chi connectivity index (χ3n) is 7.28. The van der Waals surface area contributed by atoms with Crippen molar-refractivity contribution < 1.29 is 4.79 Å². The molecule has 0 aliphatic carbocycles. The van der Waals surface area contributed by atoms with Crippen molar-refractivity contribution in [1.29, 1.82) is 0 Å². The number of hydrogen-bond acceptors (Lipinski definition) is 4. The number of carbonyl (C=O) groups is 1. The van der Waals surface area contributed by atoms with E-state index in [1.54, 1.807) is 5.01 Å². The van der Waals surface area contributed by atoms with Crippen molar-refractivity contribution in [2.24, 2.45) is 5.10 Å². The smallest absolute Gasteiger partial charge is 0.258 e. The molecule has 0 fully saturated rings. The summed E-state index contributed by atoms with van der Waals surface area (Å²) in [6, 6.07) is 23.4. The Morgan fingerprint density at radius 2 is 1.67 bits per heavy atom. The molecule has 2 heterocycles. The Hall–Kier alpha value is -3.07. The van der Waals surface area contributed by atoms with Gasteiger partial charge in [-0.3, -0.25) is 9.59 Å². The van der Waals surface area contributed by atoms with Crippen molar-refractivity contribution in [2.45, 2.75) is 32.7 Å². The van der Waals surface area contributed by atoms with E-state index >= 15 is 0 Å². The van der Waals surface area contributed by atoms with Gasteiger partial charge in [0, 0.05) is 44.8 Å². The molecule has 1 amide bonds. The van der Waals surface area contributed by atoms with Crippen molar-refractivity contribution in [3.05, 3.63) is 103 Å². The first-order valence-electron chi connectivity index (χ1n) is 13.2. The van der Waals surface area contributed by atoms with Gasteiger partial charge in [-0.05, 0) is 54.5 Å². The van der Waals surface area contributed by atoms with Gasteiger partial charge in [0.25, 0.3) is 5.56 Å². The van der Waals surface area contributed by atoms with Crippen LogP contribution in [0.15, 0.2) is 91.6 Å². The lowest BCUT2D eigenvalue weighted by Crippen LogP contribution is -2.32. The van der Waals surface area contributed by atoms with E-state index in [0.717, 1.165) is 49.6 Å². The number of rotatable bonds is 8. The number of aromatic amines is 1. The molecule has 200 valence electrons. The molecular weight excluding hydrogens is 620 g/mol. The van der Waals surface area contributed by atoms with Gasteiger partial charge in [-0.1, -0.05) is 88.2 Å². The zero-order chi connectivity index (χ0) is 27.5. The number of halogens is 2. The van der Waals surface area contributed by atoms with Crippen LogP contribution in [0.3, 0.4) is 0 Å². The number of aromatic nitrogens is 1. The summed E-state index contributed by atoms with van der Waals surface area (Å²) in [4.78, 5) is 32.6. The van der Waals surface area contributed by atoms with Crippen LogP contribution in [0.4, 0.5) is 0 Å². The van der Waals surface area contributed by atoms with Crippen molar-refractivity contribution in [3.8, 4) is 11.1 Å². The Balaban J connectivity index is 1.65. The maximum Gasteiger partial charge on any atom is 0.258 e. The van der Waals surface area contributed by atoms with E-state index in [2.05, 4.69) is 55.6 Å². The second-order valence-electron chi connectivity index (χ2n) is 9.59. The van der Waals surface area contributed by atoms with Gasteiger partial charge in [0.1, 0.15) is 0 Å². The third-order valence-corrected chi connectivity index (χ3v) is 8.31. The molecule has 0 radical (unpaired) electrons. The van der Waals surface area contributed by atoms with Crippen LogP contribution >= 0.6 is 31.9 Å². The predicted molar refractivity (Wildman–Crippen MR) is 165 cm³/mol. The topological polar surface area (TPSA) is 68.8 Å². The van der Waals surface area contributed by atoms with Crippen LogP contribution in [-0.4, -0.2) is 46.1 Å². The molecule has 0 saturated heterocycles. The number of hydrazone groups is 1. The molecule has 3 aromatic carbocycles. The minimum absolute atomic E-state index is 0.0500. The van der Waals surface area contributed by atoms with Crippen LogP contribution in [0.25, 0.3) is 22.0 Å². The largest absolute Gasteiger partial charge is 0.321 e. The number of H-pyrrole nitrogens is 1. The molecule has 0 bridgehead atoms. The first kappa shape index (κ1) is 27.5. The molecule has 0 unspecified atom stereocenters. The lowest BCUT2D eigenvalue weighted by Gasteiger charge is -2.24. The van der Waals surface area contributed by atoms with E-state index in [-0.39, 0.29) is 17.5 Å². The molecule has 1 aliphatic heterocycles. The van der Waals surface area contributed by atoms with Gasteiger partial charge in [0.2, 0.25) is 5.91 Å². The summed E-state index contributed by atoms with van der Waals surface area (Å²) in [5.74, 6) is -0.0500.